The number of nitrogen functional groups attached to an aromatic ring is 1. The van der Waals surface area contributed by atoms with E-state index in [1.807, 2.05) is 0 Å². The molecule has 2 aromatic rings. The normalized spacial score (nSPS) is 10.5. The van der Waals surface area contributed by atoms with E-state index < -0.39 is 0 Å². The van der Waals surface area contributed by atoms with Gasteiger partial charge in [0.15, 0.2) is 0 Å². The van der Waals surface area contributed by atoms with Gasteiger partial charge in [-0.3, -0.25) is 4.57 Å². The molecular formula is C9H11N5O. The van der Waals surface area contributed by atoms with Gasteiger partial charge < -0.3 is 5.73 Å². The lowest BCUT2D eigenvalue weighted by molar-refractivity contribution is 0.646. The van der Waals surface area contributed by atoms with Gasteiger partial charge in [-0.05, 0) is 17.7 Å². The highest BCUT2D eigenvalue weighted by Crippen LogP contribution is 2.03. The third kappa shape index (κ3) is 1.88. The van der Waals surface area contributed by atoms with Gasteiger partial charge in [-0.25, -0.2) is 14.5 Å². The first kappa shape index (κ1) is 9.45. The number of anilines is 1. The number of nitrogens with two attached hydrogens (primary N) is 1. The Hall–Kier alpha value is -2.11. The SMILES string of the molecule is Cn1cnn(Cc2ccnc(N)c2)c1=O. The number of aromatic nitrogens is 4. The zero-order valence-corrected chi connectivity index (χ0v) is 8.29. The number of nitrogens with zero attached hydrogens (tertiary/aromatic N) is 4. The van der Waals surface area contributed by atoms with Gasteiger partial charge in [0.25, 0.3) is 0 Å². The molecule has 0 bridgehead atoms. The predicted molar refractivity (Wildman–Crippen MR) is 55.2 cm³/mol. The van der Waals surface area contributed by atoms with Crippen LogP contribution in [0.5, 0.6) is 0 Å². The molecule has 0 saturated heterocycles. The summed E-state index contributed by atoms with van der Waals surface area (Å²) in [5, 5.41) is 3.95. The minimum atomic E-state index is -0.148. The van der Waals surface area contributed by atoms with Crippen LogP contribution in [0.3, 0.4) is 0 Å². The molecular weight excluding hydrogens is 194 g/mol. The summed E-state index contributed by atoms with van der Waals surface area (Å²) in [4.78, 5) is 15.3. The molecule has 0 aliphatic carbocycles. The molecule has 2 rings (SSSR count). The second kappa shape index (κ2) is 3.56. The van der Waals surface area contributed by atoms with Crippen LogP contribution < -0.4 is 11.4 Å². The summed E-state index contributed by atoms with van der Waals surface area (Å²) in [6, 6.07) is 3.53. The van der Waals surface area contributed by atoms with Crippen LogP contribution in [0.1, 0.15) is 5.56 Å². The molecule has 0 aliphatic rings. The number of hydrogen-bond acceptors (Lipinski definition) is 4. The van der Waals surface area contributed by atoms with Gasteiger partial charge in [-0.15, -0.1) is 0 Å². The van der Waals surface area contributed by atoms with Gasteiger partial charge >= 0.3 is 5.69 Å². The van der Waals surface area contributed by atoms with Crippen LogP contribution >= 0.6 is 0 Å². The van der Waals surface area contributed by atoms with Crippen LogP contribution in [0.25, 0.3) is 0 Å². The molecule has 2 aromatic heterocycles. The molecule has 0 aromatic carbocycles. The Kier molecular flexibility index (Phi) is 2.24. The number of aryl methyl sites for hydroxylation is 1. The van der Waals surface area contributed by atoms with Crippen molar-refractivity contribution in [3.05, 3.63) is 40.7 Å². The van der Waals surface area contributed by atoms with Gasteiger partial charge in [0.1, 0.15) is 12.1 Å². The van der Waals surface area contributed by atoms with Crippen molar-refractivity contribution < 1.29 is 0 Å². The second-order valence-corrected chi connectivity index (χ2v) is 3.27. The maximum atomic E-state index is 11.5. The van der Waals surface area contributed by atoms with E-state index in [1.54, 1.807) is 25.4 Å². The summed E-state index contributed by atoms with van der Waals surface area (Å²) < 4.78 is 2.79. The van der Waals surface area contributed by atoms with E-state index in [1.165, 1.54) is 15.6 Å². The molecule has 0 saturated carbocycles. The van der Waals surface area contributed by atoms with Crippen molar-refractivity contribution in [1.29, 1.82) is 0 Å². The van der Waals surface area contributed by atoms with E-state index >= 15 is 0 Å². The smallest absolute Gasteiger partial charge is 0.345 e. The molecule has 6 heteroatoms. The number of pyridine rings is 1. The highest BCUT2D eigenvalue weighted by molar-refractivity contribution is 5.31. The van der Waals surface area contributed by atoms with Crippen molar-refractivity contribution in [2.45, 2.75) is 6.54 Å². The van der Waals surface area contributed by atoms with Crippen molar-refractivity contribution in [3.8, 4) is 0 Å². The Morgan fingerprint density at radius 1 is 1.53 bits per heavy atom. The monoisotopic (exact) mass is 205 g/mol. The van der Waals surface area contributed by atoms with E-state index in [0.717, 1.165) is 5.56 Å². The van der Waals surface area contributed by atoms with Crippen LogP contribution in [-0.2, 0) is 13.6 Å². The molecule has 2 heterocycles. The van der Waals surface area contributed by atoms with Crippen LogP contribution in [0.4, 0.5) is 5.82 Å². The lowest BCUT2D eigenvalue weighted by Gasteiger charge is -2.00. The lowest BCUT2D eigenvalue weighted by Crippen LogP contribution is -2.23. The molecule has 6 nitrogen and oxygen atoms in total. The van der Waals surface area contributed by atoms with Crippen molar-refractivity contribution >= 4 is 5.82 Å². The van der Waals surface area contributed by atoms with Crippen LogP contribution in [-0.4, -0.2) is 19.3 Å². The van der Waals surface area contributed by atoms with Gasteiger partial charge in [-0.2, -0.15) is 5.10 Å². The Morgan fingerprint density at radius 2 is 2.33 bits per heavy atom. The van der Waals surface area contributed by atoms with Gasteiger partial charge in [0, 0.05) is 13.2 Å². The van der Waals surface area contributed by atoms with Crippen LogP contribution in [0, 0.1) is 0 Å². The van der Waals surface area contributed by atoms with Gasteiger partial charge in [-0.1, -0.05) is 0 Å². The molecule has 0 unspecified atom stereocenters. The third-order valence-corrected chi connectivity index (χ3v) is 2.06. The lowest BCUT2D eigenvalue weighted by atomic mass is 10.2. The van der Waals surface area contributed by atoms with E-state index in [0.29, 0.717) is 12.4 Å². The molecule has 0 atom stereocenters. The van der Waals surface area contributed by atoms with Gasteiger partial charge in [0.2, 0.25) is 0 Å². The summed E-state index contributed by atoms with van der Waals surface area (Å²) in [5.74, 6) is 0.441. The van der Waals surface area contributed by atoms with Crippen molar-refractivity contribution in [2.24, 2.45) is 7.05 Å². The van der Waals surface area contributed by atoms with Crippen LogP contribution in [0.15, 0.2) is 29.5 Å². The molecule has 15 heavy (non-hydrogen) atoms. The molecule has 0 spiro atoms. The fraction of sp³-hybridized carbons (Fsp3) is 0.222. The molecule has 0 aliphatic heterocycles. The summed E-state index contributed by atoms with van der Waals surface area (Å²) in [6.07, 6.45) is 3.09. The predicted octanol–water partition coefficient (Wildman–Crippen LogP) is -0.393. The first-order valence-electron chi connectivity index (χ1n) is 4.45. The fourth-order valence-corrected chi connectivity index (χ4v) is 1.29. The quantitative estimate of drug-likeness (QED) is 0.724. The Balaban J connectivity index is 2.30. The zero-order chi connectivity index (χ0) is 10.8. The fourth-order valence-electron chi connectivity index (χ4n) is 1.29. The highest BCUT2D eigenvalue weighted by atomic mass is 16.2. The van der Waals surface area contributed by atoms with Gasteiger partial charge in [0.05, 0.1) is 6.54 Å². The third-order valence-electron chi connectivity index (χ3n) is 2.06. The number of hydrogen-bond donors (Lipinski definition) is 1. The largest absolute Gasteiger partial charge is 0.384 e. The maximum Gasteiger partial charge on any atom is 0.345 e. The maximum absolute atomic E-state index is 11.5. The highest BCUT2D eigenvalue weighted by Gasteiger charge is 2.02. The van der Waals surface area contributed by atoms with E-state index in [-0.39, 0.29) is 5.69 Å². The molecule has 0 radical (unpaired) electrons. The molecule has 2 N–H and O–H groups in total. The Bertz CT molecular complexity index is 527. The average Bonchev–Trinajstić information content (AvgIpc) is 2.50. The minimum absolute atomic E-state index is 0.148. The molecule has 0 amide bonds. The average molecular weight is 205 g/mol. The second-order valence-electron chi connectivity index (χ2n) is 3.27. The minimum Gasteiger partial charge on any atom is -0.384 e. The van der Waals surface area contributed by atoms with Crippen molar-refractivity contribution in [1.82, 2.24) is 19.3 Å². The van der Waals surface area contributed by atoms with Crippen LogP contribution in [0.2, 0.25) is 0 Å². The first-order chi connectivity index (χ1) is 7.16. The summed E-state index contributed by atoms with van der Waals surface area (Å²) in [7, 11) is 1.66. The Morgan fingerprint density at radius 3 is 2.93 bits per heavy atom. The van der Waals surface area contributed by atoms with E-state index in [2.05, 4.69) is 10.1 Å². The summed E-state index contributed by atoms with van der Waals surface area (Å²) in [6.45, 7) is 0.409. The zero-order valence-electron chi connectivity index (χ0n) is 8.29. The van der Waals surface area contributed by atoms with Crippen molar-refractivity contribution in [3.63, 3.8) is 0 Å². The molecule has 78 valence electrons. The topological polar surface area (TPSA) is 78.7 Å². The van der Waals surface area contributed by atoms with E-state index in [4.69, 9.17) is 5.73 Å². The van der Waals surface area contributed by atoms with Crippen molar-refractivity contribution in [2.75, 3.05) is 5.73 Å². The summed E-state index contributed by atoms with van der Waals surface area (Å²) >= 11 is 0. The standard InChI is InChI=1S/C9H11N5O/c1-13-6-12-14(9(13)15)5-7-2-3-11-8(10)4-7/h2-4,6H,5H2,1H3,(H2,10,11). The first-order valence-corrected chi connectivity index (χ1v) is 4.45. The Labute approximate surface area is 86.0 Å². The van der Waals surface area contributed by atoms with E-state index in [9.17, 15) is 4.79 Å². The molecule has 0 fully saturated rings. The summed E-state index contributed by atoms with van der Waals surface area (Å²) in [5.41, 5.74) is 6.29. The number of rotatable bonds is 2.